The van der Waals surface area contributed by atoms with E-state index < -0.39 is 0 Å². The highest BCUT2D eigenvalue weighted by molar-refractivity contribution is 5.96. The number of carbonyl (C=O) groups excluding carboxylic acids is 1. The minimum Gasteiger partial charge on any atom is -0.388 e. The molecule has 1 aromatic rings. The lowest BCUT2D eigenvalue weighted by Gasteiger charge is -2.26. The predicted octanol–water partition coefficient (Wildman–Crippen LogP) is 3.98. The van der Waals surface area contributed by atoms with Crippen LogP contribution in [0.2, 0.25) is 0 Å². The molecule has 1 fully saturated rings. The second kappa shape index (κ2) is 7.48. The number of nitrogens with one attached hydrogen (secondary N) is 2. The second-order valence-electron chi connectivity index (χ2n) is 6.45. The molecule has 1 aliphatic rings. The van der Waals surface area contributed by atoms with Crippen molar-refractivity contribution in [3.63, 3.8) is 0 Å². The summed E-state index contributed by atoms with van der Waals surface area (Å²) in [5.41, 5.74) is 2.84. The fourth-order valence-electron chi connectivity index (χ4n) is 3.18. The lowest BCUT2D eigenvalue weighted by Crippen LogP contribution is -2.27. The Balaban J connectivity index is 1.79. The van der Waals surface area contributed by atoms with E-state index in [0.29, 0.717) is 0 Å². The number of hydrogen-bond acceptors (Lipinski definition) is 2. The molecule has 3 nitrogen and oxygen atoms in total. The first-order valence-electron chi connectivity index (χ1n) is 8.16. The van der Waals surface area contributed by atoms with Gasteiger partial charge in [-0.2, -0.15) is 0 Å². The number of aryl methyl sites for hydroxylation is 1. The van der Waals surface area contributed by atoms with Crippen LogP contribution in [0, 0.1) is 18.8 Å². The molecular weight excluding hydrogens is 260 g/mol. The fraction of sp³-hybridized carbons (Fsp3) is 0.611. The van der Waals surface area contributed by atoms with Crippen molar-refractivity contribution in [2.45, 2.75) is 46.0 Å². The van der Waals surface area contributed by atoms with Crippen molar-refractivity contribution in [3.05, 3.63) is 29.3 Å². The smallest absolute Gasteiger partial charge is 0.251 e. The van der Waals surface area contributed by atoms with E-state index in [0.717, 1.165) is 41.6 Å². The quantitative estimate of drug-likeness (QED) is 0.860. The number of carbonyl (C=O) groups is 1. The Bertz CT molecular complexity index is 476. The van der Waals surface area contributed by atoms with Crippen LogP contribution >= 0.6 is 0 Å². The molecule has 0 saturated heterocycles. The van der Waals surface area contributed by atoms with E-state index in [1.165, 1.54) is 25.7 Å². The molecule has 0 spiro atoms. The minimum absolute atomic E-state index is 0.0549. The van der Waals surface area contributed by atoms with Crippen LogP contribution in [0.25, 0.3) is 0 Å². The molecule has 2 rings (SSSR count). The Hall–Kier alpha value is -1.51. The van der Waals surface area contributed by atoms with E-state index in [2.05, 4.69) is 17.6 Å². The molecule has 1 saturated carbocycles. The van der Waals surface area contributed by atoms with Crippen LogP contribution in [-0.2, 0) is 0 Å². The van der Waals surface area contributed by atoms with E-state index in [9.17, 15) is 4.79 Å². The van der Waals surface area contributed by atoms with Gasteiger partial charge in [0.05, 0.1) is 0 Å². The molecule has 116 valence electrons. The van der Waals surface area contributed by atoms with Gasteiger partial charge in [0.1, 0.15) is 0 Å². The molecule has 0 aliphatic heterocycles. The lowest BCUT2D eigenvalue weighted by atomic mass is 9.81. The number of amides is 1. The summed E-state index contributed by atoms with van der Waals surface area (Å²) in [5, 5.41) is 6.17. The van der Waals surface area contributed by atoms with Crippen LogP contribution in [0.15, 0.2) is 18.2 Å². The molecule has 0 atom stereocenters. The number of rotatable bonds is 5. The van der Waals surface area contributed by atoms with Gasteiger partial charge in [-0.05, 0) is 48.9 Å². The number of hydrogen-bond donors (Lipinski definition) is 2. The van der Waals surface area contributed by atoms with E-state index in [1.54, 1.807) is 0 Å². The monoisotopic (exact) mass is 288 g/mol. The Morgan fingerprint density at radius 3 is 2.57 bits per heavy atom. The first kappa shape index (κ1) is 15.9. The second-order valence-corrected chi connectivity index (χ2v) is 6.45. The van der Waals surface area contributed by atoms with Gasteiger partial charge < -0.3 is 10.6 Å². The summed E-state index contributed by atoms with van der Waals surface area (Å²) in [6.45, 7) is 5.12. The van der Waals surface area contributed by atoms with Gasteiger partial charge in [-0.25, -0.2) is 0 Å². The van der Waals surface area contributed by atoms with Crippen LogP contribution in [-0.4, -0.2) is 19.5 Å². The normalized spacial score (nSPS) is 21.9. The Morgan fingerprint density at radius 1 is 1.24 bits per heavy atom. The SMILES string of the molecule is CNc1ccc(C(=O)NCCC2CCC(C)CC2)c(C)c1. The summed E-state index contributed by atoms with van der Waals surface area (Å²) in [6, 6.07) is 5.86. The summed E-state index contributed by atoms with van der Waals surface area (Å²) >= 11 is 0. The molecule has 0 radical (unpaired) electrons. The fourth-order valence-corrected chi connectivity index (χ4v) is 3.18. The Labute approximate surface area is 128 Å². The summed E-state index contributed by atoms with van der Waals surface area (Å²) in [7, 11) is 1.89. The average molecular weight is 288 g/mol. The molecule has 0 unspecified atom stereocenters. The third-order valence-corrected chi connectivity index (χ3v) is 4.73. The highest BCUT2D eigenvalue weighted by Crippen LogP contribution is 2.29. The van der Waals surface area contributed by atoms with Gasteiger partial charge in [0.25, 0.3) is 5.91 Å². The summed E-state index contributed by atoms with van der Waals surface area (Å²) < 4.78 is 0. The zero-order chi connectivity index (χ0) is 15.2. The summed E-state index contributed by atoms with van der Waals surface area (Å²) in [5.74, 6) is 1.75. The summed E-state index contributed by atoms with van der Waals surface area (Å²) in [6.07, 6.45) is 6.47. The van der Waals surface area contributed by atoms with E-state index in [4.69, 9.17) is 0 Å². The Kier molecular flexibility index (Phi) is 5.66. The van der Waals surface area contributed by atoms with Gasteiger partial charge in [0, 0.05) is 24.8 Å². The maximum absolute atomic E-state index is 12.2. The van der Waals surface area contributed by atoms with Crippen molar-refractivity contribution >= 4 is 11.6 Å². The zero-order valence-corrected chi connectivity index (χ0v) is 13.5. The third kappa shape index (κ3) is 4.48. The van der Waals surface area contributed by atoms with Crippen molar-refractivity contribution in [3.8, 4) is 0 Å². The summed E-state index contributed by atoms with van der Waals surface area (Å²) in [4.78, 5) is 12.2. The zero-order valence-electron chi connectivity index (χ0n) is 13.5. The van der Waals surface area contributed by atoms with Crippen LogP contribution in [0.4, 0.5) is 5.69 Å². The maximum atomic E-state index is 12.2. The van der Waals surface area contributed by atoms with E-state index in [1.807, 2.05) is 32.2 Å². The van der Waals surface area contributed by atoms with Crippen molar-refractivity contribution in [2.24, 2.45) is 11.8 Å². The molecule has 21 heavy (non-hydrogen) atoms. The van der Waals surface area contributed by atoms with E-state index in [-0.39, 0.29) is 5.91 Å². The van der Waals surface area contributed by atoms with Crippen molar-refractivity contribution < 1.29 is 4.79 Å². The number of benzene rings is 1. The van der Waals surface area contributed by atoms with Gasteiger partial charge in [-0.15, -0.1) is 0 Å². The lowest BCUT2D eigenvalue weighted by molar-refractivity contribution is 0.0949. The molecule has 3 heteroatoms. The van der Waals surface area contributed by atoms with Crippen molar-refractivity contribution in [1.82, 2.24) is 5.32 Å². The first-order chi connectivity index (χ1) is 10.1. The standard InChI is InChI=1S/C18H28N2O/c1-13-4-6-15(7-5-13)10-11-20-18(21)17-9-8-16(19-3)12-14(17)2/h8-9,12-13,15,19H,4-7,10-11H2,1-3H3,(H,20,21). The van der Waals surface area contributed by atoms with Crippen molar-refractivity contribution in [1.29, 1.82) is 0 Å². The average Bonchev–Trinajstić information content (AvgIpc) is 2.49. The molecule has 0 aromatic heterocycles. The molecule has 1 amide bonds. The highest BCUT2D eigenvalue weighted by atomic mass is 16.1. The van der Waals surface area contributed by atoms with Crippen LogP contribution in [0.1, 0.15) is 54.9 Å². The first-order valence-corrected chi connectivity index (χ1v) is 8.16. The van der Waals surface area contributed by atoms with Gasteiger partial charge in [0.2, 0.25) is 0 Å². The molecule has 0 heterocycles. The van der Waals surface area contributed by atoms with Crippen molar-refractivity contribution in [2.75, 3.05) is 18.9 Å². The third-order valence-electron chi connectivity index (χ3n) is 4.73. The molecule has 2 N–H and O–H groups in total. The largest absolute Gasteiger partial charge is 0.388 e. The van der Waals surface area contributed by atoms with Crippen LogP contribution in [0.5, 0.6) is 0 Å². The number of anilines is 1. The van der Waals surface area contributed by atoms with Gasteiger partial charge in [0.15, 0.2) is 0 Å². The Morgan fingerprint density at radius 2 is 1.95 bits per heavy atom. The maximum Gasteiger partial charge on any atom is 0.251 e. The predicted molar refractivity (Wildman–Crippen MR) is 88.8 cm³/mol. The van der Waals surface area contributed by atoms with Crippen LogP contribution < -0.4 is 10.6 Å². The van der Waals surface area contributed by atoms with Gasteiger partial charge in [-0.1, -0.05) is 32.6 Å². The minimum atomic E-state index is 0.0549. The molecule has 1 aromatic carbocycles. The molecule has 1 aliphatic carbocycles. The molecule has 0 bridgehead atoms. The topological polar surface area (TPSA) is 41.1 Å². The highest BCUT2D eigenvalue weighted by Gasteiger charge is 2.18. The van der Waals surface area contributed by atoms with Gasteiger partial charge in [-0.3, -0.25) is 4.79 Å². The van der Waals surface area contributed by atoms with Gasteiger partial charge >= 0.3 is 0 Å². The van der Waals surface area contributed by atoms with E-state index >= 15 is 0 Å². The van der Waals surface area contributed by atoms with Crippen LogP contribution in [0.3, 0.4) is 0 Å². The molecular formula is C18H28N2O.